The van der Waals surface area contributed by atoms with Crippen LogP contribution in [0.25, 0.3) is 0 Å². The van der Waals surface area contributed by atoms with Gasteiger partial charge in [0.2, 0.25) is 0 Å². The van der Waals surface area contributed by atoms with Gasteiger partial charge in [-0.3, -0.25) is 4.79 Å². The second-order valence-electron chi connectivity index (χ2n) is 4.64. The Morgan fingerprint density at radius 3 is 2.61 bits per heavy atom. The maximum absolute atomic E-state index is 12.3. The number of aromatic nitrogens is 1. The predicted molar refractivity (Wildman–Crippen MR) is 82.5 cm³/mol. The molecule has 0 bridgehead atoms. The van der Waals surface area contributed by atoms with Crippen molar-refractivity contribution >= 4 is 12.0 Å². The van der Waals surface area contributed by atoms with E-state index >= 15 is 0 Å². The van der Waals surface area contributed by atoms with Crippen LogP contribution in [0.5, 0.6) is 11.5 Å². The minimum Gasteiger partial charge on any atom is -0.493 e. The lowest BCUT2D eigenvalue weighted by Gasteiger charge is -2.10. The Morgan fingerprint density at radius 2 is 2.00 bits per heavy atom. The maximum atomic E-state index is 12.3. The van der Waals surface area contributed by atoms with Crippen LogP contribution >= 0.6 is 0 Å². The van der Waals surface area contributed by atoms with Gasteiger partial charge >= 0.3 is 6.61 Å². The van der Waals surface area contributed by atoms with Crippen molar-refractivity contribution in [3.05, 3.63) is 51.8 Å². The van der Waals surface area contributed by atoms with E-state index in [0.717, 1.165) is 10.2 Å². The number of nitrogens with two attached hydrogens (primary N) is 1. The summed E-state index contributed by atoms with van der Waals surface area (Å²) in [5, 5.41) is 3.99. The average Bonchev–Trinajstić information content (AvgIpc) is 2.46. The molecule has 2 N–H and O–H groups in total. The number of hydrogen-bond donors (Lipinski definition) is 1. The number of methoxy groups -OCH3 is 1. The van der Waals surface area contributed by atoms with E-state index < -0.39 is 6.61 Å². The van der Waals surface area contributed by atoms with E-state index in [0.29, 0.717) is 5.56 Å². The summed E-state index contributed by atoms with van der Waals surface area (Å²) in [5.41, 5.74) is 6.62. The number of nitrogens with zero attached hydrogens (tertiary/aromatic N) is 2. The zero-order valence-electron chi connectivity index (χ0n) is 12.5. The third-order valence-electron chi connectivity index (χ3n) is 2.91. The Kier molecular flexibility index (Phi) is 4.95. The fourth-order valence-electron chi connectivity index (χ4n) is 1.93. The molecule has 0 aliphatic heterocycles. The van der Waals surface area contributed by atoms with Crippen molar-refractivity contribution in [2.45, 2.75) is 13.5 Å². The number of pyridine rings is 1. The Morgan fingerprint density at radius 1 is 1.26 bits per heavy atom. The van der Waals surface area contributed by atoms with Gasteiger partial charge in [-0.2, -0.15) is 18.6 Å². The number of benzene rings is 1. The van der Waals surface area contributed by atoms with Gasteiger partial charge in [-0.25, -0.2) is 0 Å². The summed E-state index contributed by atoms with van der Waals surface area (Å²) < 4.78 is 34.9. The highest BCUT2D eigenvalue weighted by Crippen LogP contribution is 2.28. The first-order valence-corrected chi connectivity index (χ1v) is 6.57. The number of rotatable bonds is 5. The summed E-state index contributed by atoms with van der Waals surface area (Å²) in [4.78, 5) is 11.8. The first kappa shape index (κ1) is 16.5. The number of ether oxygens (including phenoxy) is 2. The van der Waals surface area contributed by atoms with Crippen LogP contribution in [0.2, 0.25) is 0 Å². The van der Waals surface area contributed by atoms with Crippen molar-refractivity contribution in [1.82, 2.24) is 4.68 Å². The molecule has 122 valence electrons. The molecule has 2 rings (SSSR count). The summed E-state index contributed by atoms with van der Waals surface area (Å²) in [6.07, 6.45) is 1.36. The third kappa shape index (κ3) is 4.06. The predicted octanol–water partition coefficient (Wildman–Crippen LogP) is 2.23. The van der Waals surface area contributed by atoms with Crippen LogP contribution in [0, 0.1) is 6.92 Å². The Balaban J connectivity index is 2.32. The molecule has 2 aromatic rings. The van der Waals surface area contributed by atoms with E-state index in [4.69, 9.17) is 10.5 Å². The van der Waals surface area contributed by atoms with Crippen molar-refractivity contribution in [1.29, 1.82) is 0 Å². The molecule has 0 amide bonds. The Bertz CT molecular complexity index is 788. The second kappa shape index (κ2) is 6.91. The molecule has 0 atom stereocenters. The fourth-order valence-corrected chi connectivity index (χ4v) is 1.93. The van der Waals surface area contributed by atoms with Crippen molar-refractivity contribution in [3.8, 4) is 11.5 Å². The lowest BCUT2D eigenvalue weighted by atomic mass is 10.2. The van der Waals surface area contributed by atoms with Crippen LogP contribution in [0.15, 0.2) is 40.2 Å². The Hall–Kier alpha value is -2.90. The molecule has 0 radical (unpaired) electrons. The first-order chi connectivity index (χ1) is 10.9. The van der Waals surface area contributed by atoms with Crippen molar-refractivity contribution in [2.24, 2.45) is 5.10 Å². The summed E-state index contributed by atoms with van der Waals surface area (Å²) in [6, 6.07) is 7.29. The van der Waals surface area contributed by atoms with Gasteiger partial charge in [-0.05, 0) is 42.3 Å². The van der Waals surface area contributed by atoms with Gasteiger partial charge in [-0.1, -0.05) is 0 Å². The number of nitrogen functional groups attached to an aromatic ring is 1. The highest BCUT2D eigenvalue weighted by molar-refractivity contribution is 5.81. The molecule has 1 aromatic heterocycles. The lowest BCUT2D eigenvalue weighted by Crippen LogP contribution is -2.19. The maximum Gasteiger partial charge on any atom is 0.387 e. The molecule has 0 saturated heterocycles. The molecule has 1 aromatic carbocycles. The summed E-state index contributed by atoms with van der Waals surface area (Å²) in [5.74, 6) is 0.223. The van der Waals surface area contributed by atoms with Gasteiger partial charge < -0.3 is 15.2 Å². The van der Waals surface area contributed by atoms with Gasteiger partial charge in [0.05, 0.1) is 13.3 Å². The van der Waals surface area contributed by atoms with E-state index in [9.17, 15) is 13.6 Å². The van der Waals surface area contributed by atoms with E-state index in [1.54, 1.807) is 13.0 Å². The highest BCUT2D eigenvalue weighted by atomic mass is 19.3. The lowest BCUT2D eigenvalue weighted by molar-refractivity contribution is -0.0512. The van der Waals surface area contributed by atoms with E-state index in [-0.39, 0.29) is 22.9 Å². The highest BCUT2D eigenvalue weighted by Gasteiger charge is 2.10. The molecule has 0 unspecified atom stereocenters. The van der Waals surface area contributed by atoms with Crippen LogP contribution in [0.3, 0.4) is 0 Å². The molecular formula is C15H15F2N3O3. The quantitative estimate of drug-likeness (QED) is 0.856. The molecule has 0 aliphatic carbocycles. The number of anilines is 1. The topological polar surface area (TPSA) is 78.8 Å². The summed E-state index contributed by atoms with van der Waals surface area (Å²) in [6.45, 7) is -1.20. The fraction of sp³-hybridized carbons (Fsp3) is 0.200. The number of aryl methyl sites for hydroxylation is 1. The normalized spacial score (nSPS) is 11.2. The standard InChI is InChI=1S/C15H15F2N3O3/c1-9-5-13(18)20(14(21)6-9)19-8-10-3-4-11(23-15(16)17)12(7-10)22-2/h3-8,15H,18H2,1-2H3. The zero-order valence-corrected chi connectivity index (χ0v) is 12.5. The van der Waals surface area contributed by atoms with Crippen LogP contribution in [0.4, 0.5) is 14.6 Å². The molecule has 0 spiro atoms. The molecule has 0 saturated carbocycles. The number of halogens is 2. The van der Waals surface area contributed by atoms with Crippen LogP contribution < -0.4 is 20.8 Å². The summed E-state index contributed by atoms with van der Waals surface area (Å²) >= 11 is 0. The van der Waals surface area contributed by atoms with Crippen molar-refractivity contribution in [2.75, 3.05) is 12.8 Å². The van der Waals surface area contributed by atoms with Crippen LogP contribution in [-0.2, 0) is 0 Å². The molecule has 0 fully saturated rings. The molecule has 8 heteroatoms. The van der Waals surface area contributed by atoms with Gasteiger partial charge in [0.1, 0.15) is 5.82 Å². The SMILES string of the molecule is COc1cc(C=Nn2c(N)cc(C)cc2=O)ccc1OC(F)F. The van der Waals surface area contributed by atoms with Crippen LogP contribution in [0.1, 0.15) is 11.1 Å². The average molecular weight is 323 g/mol. The van der Waals surface area contributed by atoms with Gasteiger partial charge in [0.15, 0.2) is 11.5 Å². The van der Waals surface area contributed by atoms with Gasteiger partial charge in [0, 0.05) is 6.07 Å². The molecular weight excluding hydrogens is 308 g/mol. The molecule has 0 aliphatic rings. The van der Waals surface area contributed by atoms with Crippen molar-refractivity contribution in [3.63, 3.8) is 0 Å². The monoisotopic (exact) mass is 323 g/mol. The van der Waals surface area contributed by atoms with E-state index in [1.807, 2.05) is 0 Å². The largest absolute Gasteiger partial charge is 0.493 e. The minimum absolute atomic E-state index is 0.0910. The second-order valence-corrected chi connectivity index (χ2v) is 4.64. The molecule has 6 nitrogen and oxygen atoms in total. The third-order valence-corrected chi connectivity index (χ3v) is 2.91. The Labute approximate surface area is 130 Å². The zero-order chi connectivity index (χ0) is 17.0. The van der Waals surface area contributed by atoms with Gasteiger partial charge in [0.25, 0.3) is 5.56 Å². The van der Waals surface area contributed by atoms with E-state index in [2.05, 4.69) is 9.84 Å². The minimum atomic E-state index is -2.95. The molecule has 23 heavy (non-hydrogen) atoms. The van der Waals surface area contributed by atoms with Crippen LogP contribution in [-0.4, -0.2) is 24.6 Å². The van der Waals surface area contributed by atoms with E-state index in [1.165, 1.54) is 37.6 Å². The summed E-state index contributed by atoms with van der Waals surface area (Å²) in [7, 11) is 1.33. The number of alkyl halides is 2. The van der Waals surface area contributed by atoms with Crippen molar-refractivity contribution < 1.29 is 18.3 Å². The van der Waals surface area contributed by atoms with Gasteiger partial charge in [-0.15, -0.1) is 0 Å². The smallest absolute Gasteiger partial charge is 0.387 e. The molecule has 1 heterocycles. The number of hydrogen-bond acceptors (Lipinski definition) is 5. The first-order valence-electron chi connectivity index (χ1n) is 6.57.